The van der Waals surface area contributed by atoms with Crippen LogP contribution in [0.4, 0.5) is 24.8 Å². The number of nitrogens with one attached hydrogen (secondary N) is 1. The van der Waals surface area contributed by atoms with Gasteiger partial charge >= 0.3 is 6.18 Å². The molecule has 0 radical (unpaired) electrons. The molecule has 0 saturated carbocycles. The van der Waals surface area contributed by atoms with Crippen molar-refractivity contribution >= 4 is 22.7 Å². The maximum absolute atomic E-state index is 14.4. The van der Waals surface area contributed by atoms with Crippen LogP contribution < -0.4 is 10.9 Å². The van der Waals surface area contributed by atoms with E-state index in [1.165, 1.54) is 34.8 Å². The minimum Gasteiger partial charge on any atom is -0.324 e. The number of rotatable bonds is 8. The molecule has 1 saturated heterocycles. The first-order chi connectivity index (χ1) is 23.5. The third-order valence-electron chi connectivity index (χ3n) is 9.15. The maximum atomic E-state index is 14.4. The molecule has 1 unspecified atom stereocenters. The molecule has 2 aromatic carbocycles. The maximum Gasteiger partial charge on any atom is 0.416 e. The van der Waals surface area contributed by atoms with Crippen LogP contribution in [-0.2, 0) is 19.1 Å². The van der Waals surface area contributed by atoms with Crippen molar-refractivity contribution in [3.8, 4) is 16.8 Å². The quantitative estimate of drug-likeness (QED) is 0.188. The monoisotopic (exact) mass is 664 g/mol. The molecule has 49 heavy (non-hydrogen) atoms. The van der Waals surface area contributed by atoms with Crippen LogP contribution in [0, 0.1) is 19.8 Å². The number of aromatic nitrogens is 6. The summed E-state index contributed by atoms with van der Waals surface area (Å²) in [5.41, 5.74) is 3.72. The fourth-order valence-electron chi connectivity index (χ4n) is 6.79. The normalized spacial score (nSPS) is 15.3. The zero-order valence-electron chi connectivity index (χ0n) is 27.4. The molecule has 1 fully saturated rings. The molecule has 1 aliphatic heterocycles. The van der Waals surface area contributed by atoms with Gasteiger partial charge < -0.3 is 10.2 Å². The molecule has 1 aliphatic rings. The average Bonchev–Trinajstić information content (AvgIpc) is 3.63. The molecule has 1 atom stereocenters. The Morgan fingerprint density at radius 3 is 2.51 bits per heavy atom. The van der Waals surface area contributed by atoms with Crippen LogP contribution in [0.2, 0.25) is 0 Å². The molecular formula is C37H35F3N8O. The smallest absolute Gasteiger partial charge is 0.324 e. The van der Waals surface area contributed by atoms with Gasteiger partial charge in [0.25, 0.3) is 5.56 Å². The molecular weight excluding hydrogens is 629 g/mol. The number of pyridine rings is 2. The Bertz CT molecular complexity index is 2190. The lowest BCUT2D eigenvalue weighted by Crippen LogP contribution is -2.25. The summed E-state index contributed by atoms with van der Waals surface area (Å²) in [5, 5.41) is 8.38. The van der Waals surface area contributed by atoms with E-state index in [1.54, 1.807) is 42.3 Å². The molecule has 6 aromatic rings. The number of fused-ring (bicyclic) bond motifs is 1. The van der Waals surface area contributed by atoms with Gasteiger partial charge in [-0.3, -0.25) is 14.3 Å². The van der Waals surface area contributed by atoms with Crippen molar-refractivity contribution < 1.29 is 13.2 Å². The van der Waals surface area contributed by atoms with Crippen LogP contribution in [0.25, 0.3) is 27.8 Å². The summed E-state index contributed by atoms with van der Waals surface area (Å²) in [7, 11) is 2.14. The summed E-state index contributed by atoms with van der Waals surface area (Å²) >= 11 is 0. The van der Waals surface area contributed by atoms with Crippen LogP contribution in [0.3, 0.4) is 0 Å². The van der Waals surface area contributed by atoms with Gasteiger partial charge in [-0.1, -0.05) is 30.3 Å². The first kappa shape index (κ1) is 32.2. The zero-order chi connectivity index (χ0) is 34.3. The Hall–Kier alpha value is -5.36. The van der Waals surface area contributed by atoms with Gasteiger partial charge in [0, 0.05) is 41.3 Å². The van der Waals surface area contributed by atoms with Crippen molar-refractivity contribution in [2.75, 3.05) is 25.5 Å². The highest BCUT2D eigenvalue weighted by molar-refractivity contribution is 5.83. The largest absolute Gasteiger partial charge is 0.416 e. The second-order valence-electron chi connectivity index (χ2n) is 12.7. The van der Waals surface area contributed by atoms with Crippen LogP contribution in [-0.4, -0.2) is 54.3 Å². The zero-order valence-corrected chi connectivity index (χ0v) is 27.4. The molecule has 5 heterocycles. The van der Waals surface area contributed by atoms with Crippen molar-refractivity contribution in [2.45, 2.75) is 39.4 Å². The third-order valence-corrected chi connectivity index (χ3v) is 9.15. The number of hydrogen-bond donors (Lipinski definition) is 1. The first-order valence-corrected chi connectivity index (χ1v) is 16.1. The fraction of sp³-hybridized carbons (Fsp3) is 0.270. The van der Waals surface area contributed by atoms with Gasteiger partial charge in [-0.05, 0) is 93.7 Å². The average molecular weight is 665 g/mol. The summed E-state index contributed by atoms with van der Waals surface area (Å²) in [6, 6.07) is 18.7. The second kappa shape index (κ2) is 12.9. The van der Waals surface area contributed by atoms with E-state index in [0.29, 0.717) is 33.9 Å². The van der Waals surface area contributed by atoms with E-state index in [0.717, 1.165) is 31.3 Å². The van der Waals surface area contributed by atoms with Crippen molar-refractivity contribution in [3.63, 3.8) is 0 Å². The molecule has 9 nitrogen and oxygen atoms in total. The second-order valence-corrected chi connectivity index (χ2v) is 12.7. The fourth-order valence-corrected chi connectivity index (χ4v) is 6.79. The van der Waals surface area contributed by atoms with Crippen LogP contribution >= 0.6 is 0 Å². The molecule has 0 aliphatic carbocycles. The molecule has 0 amide bonds. The van der Waals surface area contributed by atoms with E-state index < -0.39 is 17.3 Å². The number of likely N-dealkylation sites (tertiary alicyclic amines) is 1. The van der Waals surface area contributed by atoms with E-state index in [2.05, 4.69) is 44.5 Å². The lowest BCUT2D eigenvalue weighted by molar-refractivity contribution is -0.138. The number of halogens is 3. The lowest BCUT2D eigenvalue weighted by Gasteiger charge is -2.17. The molecule has 0 bridgehead atoms. The summed E-state index contributed by atoms with van der Waals surface area (Å²) in [6.45, 7) is 5.49. The van der Waals surface area contributed by atoms with Crippen molar-refractivity contribution in [2.24, 2.45) is 5.92 Å². The number of nitrogens with zero attached hydrogens (tertiary/aromatic N) is 7. The van der Waals surface area contributed by atoms with Gasteiger partial charge in [0.05, 0.1) is 35.2 Å². The van der Waals surface area contributed by atoms with E-state index >= 15 is 0 Å². The summed E-state index contributed by atoms with van der Waals surface area (Å²) in [5.74, 6) is 0.855. The highest BCUT2D eigenvalue weighted by Gasteiger charge is 2.33. The molecule has 250 valence electrons. The summed E-state index contributed by atoms with van der Waals surface area (Å²) < 4.78 is 45.3. The van der Waals surface area contributed by atoms with Crippen molar-refractivity contribution in [3.05, 3.63) is 124 Å². The number of aryl methyl sites for hydroxylation is 1. The van der Waals surface area contributed by atoms with Crippen molar-refractivity contribution in [1.82, 2.24) is 34.2 Å². The predicted octanol–water partition coefficient (Wildman–Crippen LogP) is 6.96. The first-order valence-electron chi connectivity index (χ1n) is 16.1. The molecule has 1 N–H and O–H groups in total. The lowest BCUT2D eigenvalue weighted by atomic mass is 9.98. The van der Waals surface area contributed by atoms with E-state index in [1.807, 2.05) is 25.1 Å². The summed E-state index contributed by atoms with van der Waals surface area (Å²) in [6.07, 6.45) is 2.50. The molecule has 7 rings (SSSR count). The van der Waals surface area contributed by atoms with Gasteiger partial charge in [-0.25, -0.2) is 9.67 Å². The van der Waals surface area contributed by atoms with Gasteiger partial charge in [-0.15, -0.1) is 0 Å². The Balaban J connectivity index is 1.30. The number of alkyl halides is 3. The number of anilines is 2. The van der Waals surface area contributed by atoms with E-state index in [-0.39, 0.29) is 29.3 Å². The van der Waals surface area contributed by atoms with Crippen LogP contribution in [0.5, 0.6) is 0 Å². The van der Waals surface area contributed by atoms with Gasteiger partial charge in [0.1, 0.15) is 5.65 Å². The Labute approximate surface area is 281 Å². The SMILES string of the molecule is Cc1nn(-c2cccnc2)c(C)c1-c1cc2cnc(Nc3ccc(CC4CCN(C)C4)cc3)nc2n(Cc2ccccc2C(F)(F)F)c1=O. The Morgan fingerprint density at radius 2 is 1.80 bits per heavy atom. The van der Waals surface area contributed by atoms with Gasteiger partial charge in [-0.2, -0.15) is 23.3 Å². The highest BCUT2D eigenvalue weighted by Crippen LogP contribution is 2.33. The Morgan fingerprint density at radius 1 is 1.00 bits per heavy atom. The Kier molecular flexibility index (Phi) is 8.49. The van der Waals surface area contributed by atoms with E-state index in [9.17, 15) is 18.0 Å². The highest BCUT2D eigenvalue weighted by atomic mass is 19.4. The number of benzene rings is 2. The van der Waals surface area contributed by atoms with E-state index in [4.69, 9.17) is 4.98 Å². The van der Waals surface area contributed by atoms with Gasteiger partial charge in [0.15, 0.2) is 0 Å². The van der Waals surface area contributed by atoms with Gasteiger partial charge in [0.2, 0.25) is 5.95 Å². The van der Waals surface area contributed by atoms with Crippen LogP contribution in [0.1, 0.15) is 34.5 Å². The topological polar surface area (TPSA) is 93.8 Å². The molecule has 12 heteroatoms. The predicted molar refractivity (Wildman–Crippen MR) is 183 cm³/mol. The number of hydrogen-bond acceptors (Lipinski definition) is 7. The molecule has 0 spiro atoms. The standard InChI is InChI=1S/C37H35F3N8O/c1-23-33(24(2)48(45-23)30-8-6-15-41-20-30)31-18-28-19-42-36(43-29-12-10-25(11-13-29)17-26-14-16-46(3)21-26)44-34(28)47(35(31)49)22-27-7-4-5-9-32(27)37(38,39)40/h4-13,15,18-20,26H,14,16-17,21-22H2,1-3H3,(H,42,43,44). The summed E-state index contributed by atoms with van der Waals surface area (Å²) in [4.78, 5) is 30.2. The third kappa shape index (κ3) is 6.56. The van der Waals surface area contributed by atoms with Crippen LogP contribution in [0.15, 0.2) is 90.1 Å². The minimum atomic E-state index is -4.60. The van der Waals surface area contributed by atoms with Crippen molar-refractivity contribution in [1.29, 1.82) is 0 Å². The minimum absolute atomic E-state index is 0.0489. The molecule has 4 aromatic heterocycles.